The summed E-state index contributed by atoms with van der Waals surface area (Å²) < 4.78 is 5.59. The van der Waals surface area contributed by atoms with E-state index in [1.807, 2.05) is 43.5 Å². The first-order valence-corrected chi connectivity index (χ1v) is 10.8. The molecule has 1 aliphatic heterocycles. The Morgan fingerprint density at radius 1 is 1.37 bits per heavy atom. The predicted molar refractivity (Wildman–Crippen MR) is 108 cm³/mol. The van der Waals surface area contributed by atoms with Gasteiger partial charge in [-0.1, -0.05) is 12.1 Å². The van der Waals surface area contributed by atoms with E-state index in [9.17, 15) is 9.59 Å². The quantitative estimate of drug-likeness (QED) is 0.766. The van der Waals surface area contributed by atoms with E-state index in [1.54, 1.807) is 28.0 Å². The lowest BCUT2D eigenvalue weighted by molar-refractivity contribution is -0.139. The molecule has 1 N–H and O–H groups in total. The zero-order valence-corrected chi connectivity index (χ0v) is 17.1. The molecular weight excluding hydrogens is 382 g/mol. The number of nitrogens with one attached hydrogen (secondary N) is 1. The zero-order chi connectivity index (χ0) is 19.2. The second-order valence-electron chi connectivity index (χ2n) is 6.38. The summed E-state index contributed by atoms with van der Waals surface area (Å²) in [5.74, 6) is 1.50. The van der Waals surface area contributed by atoms with Crippen LogP contribution < -0.4 is 10.1 Å². The molecule has 1 saturated heterocycles. The molecule has 1 atom stereocenters. The fraction of sp³-hybridized carbons (Fsp3) is 0.421. The average Bonchev–Trinajstić information content (AvgIpc) is 3.29. The van der Waals surface area contributed by atoms with Crippen LogP contribution in [0.15, 0.2) is 29.6 Å². The van der Waals surface area contributed by atoms with E-state index in [0.717, 1.165) is 16.3 Å². The largest absolute Gasteiger partial charge is 0.484 e. The van der Waals surface area contributed by atoms with Crippen LogP contribution in [-0.4, -0.2) is 52.5 Å². The van der Waals surface area contributed by atoms with Crippen LogP contribution in [0.1, 0.15) is 16.3 Å². The van der Waals surface area contributed by atoms with Gasteiger partial charge in [0.05, 0.1) is 16.6 Å². The van der Waals surface area contributed by atoms with E-state index < -0.39 is 6.04 Å². The molecule has 0 spiro atoms. The van der Waals surface area contributed by atoms with Crippen molar-refractivity contribution in [1.82, 2.24) is 15.2 Å². The van der Waals surface area contributed by atoms with Gasteiger partial charge in [-0.3, -0.25) is 9.59 Å². The monoisotopic (exact) mass is 405 g/mol. The molecule has 3 rings (SSSR count). The van der Waals surface area contributed by atoms with Gasteiger partial charge in [-0.15, -0.1) is 23.1 Å². The van der Waals surface area contributed by atoms with E-state index >= 15 is 0 Å². The van der Waals surface area contributed by atoms with E-state index in [4.69, 9.17) is 4.74 Å². The molecule has 2 heterocycles. The number of thioether (sulfide) groups is 1. The van der Waals surface area contributed by atoms with Crippen molar-refractivity contribution in [2.45, 2.75) is 26.3 Å². The molecular formula is C19H23N3O3S2. The van der Waals surface area contributed by atoms with Gasteiger partial charge in [-0.2, -0.15) is 0 Å². The van der Waals surface area contributed by atoms with Gasteiger partial charge in [-0.25, -0.2) is 4.98 Å². The number of aromatic nitrogens is 1. The molecule has 0 bridgehead atoms. The van der Waals surface area contributed by atoms with Gasteiger partial charge in [0.2, 0.25) is 5.91 Å². The van der Waals surface area contributed by atoms with E-state index in [-0.39, 0.29) is 18.4 Å². The maximum atomic E-state index is 12.5. The van der Waals surface area contributed by atoms with Gasteiger partial charge in [0.1, 0.15) is 11.8 Å². The Morgan fingerprint density at radius 2 is 2.22 bits per heavy atom. The van der Waals surface area contributed by atoms with Crippen molar-refractivity contribution in [3.63, 3.8) is 0 Å². The third-order valence-corrected chi connectivity index (χ3v) is 6.04. The lowest BCUT2D eigenvalue weighted by Crippen LogP contribution is -2.48. The van der Waals surface area contributed by atoms with Crippen LogP contribution >= 0.6 is 23.1 Å². The summed E-state index contributed by atoms with van der Waals surface area (Å²) in [5.41, 5.74) is 2.06. The summed E-state index contributed by atoms with van der Waals surface area (Å²) in [5, 5.41) is 5.95. The average molecular weight is 406 g/mol. The minimum Gasteiger partial charge on any atom is -0.484 e. The highest BCUT2D eigenvalue weighted by Crippen LogP contribution is 2.22. The Morgan fingerprint density at radius 3 is 2.96 bits per heavy atom. The summed E-state index contributed by atoms with van der Waals surface area (Å²) in [6.07, 6.45) is 0.695. The van der Waals surface area contributed by atoms with Crippen molar-refractivity contribution < 1.29 is 14.3 Å². The normalized spacial score (nSPS) is 16.4. The number of hydrogen-bond acceptors (Lipinski definition) is 6. The van der Waals surface area contributed by atoms with Gasteiger partial charge in [0.25, 0.3) is 5.91 Å². The van der Waals surface area contributed by atoms with E-state index in [1.165, 1.54) is 0 Å². The third kappa shape index (κ3) is 5.46. The van der Waals surface area contributed by atoms with Crippen molar-refractivity contribution >= 4 is 34.9 Å². The van der Waals surface area contributed by atoms with Gasteiger partial charge in [-0.05, 0) is 31.5 Å². The number of hydrogen-bond donors (Lipinski definition) is 1. The molecule has 0 saturated carbocycles. The highest BCUT2D eigenvalue weighted by molar-refractivity contribution is 7.99. The number of carbonyl (C=O) groups is 2. The highest BCUT2D eigenvalue weighted by atomic mass is 32.2. The van der Waals surface area contributed by atoms with Crippen LogP contribution in [0, 0.1) is 13.8 Å². The summed E-state index contributed by atoms with van der Waals surface area (Å²) in [4.78, 5) is 31.0. The second kappa shape index (κ2) is 9.23. The molecule has 2 amide bonds. The van der Waals surface area contributed by atoms with Crippen LogP contribution in [0.4, 0.5) is 0 Å². The molecule has 1 aliphatic rings. The molecule has 144 valence electrons. The summed E-state index contributed by atoms with van der Waals surface area (Å²) >= 11 is 3.19. The summed E-state index contributed by atoms with van der Waals surface area (Å²) in [7, 11) is 0. The molecule has 8 heteroatoms. The predicted octanol–water partition coefficient (Wildman–Crippen LogP) is 2.40. The lowest BCUT2D eigenvalue weighted by atomic mass is 10.2. The second-order valence-corrected chi connectivity index (χ2v) is 8.45. The number of aryl methyl sites for hydroxylation is 2. The third-order valence-electron chi connectivity index (χ3n) is 4.20. The van der Waals surface area contributed by atoms with Crippen LogP contribution in [0.2, 0.25) is 0 Å². The molecule has 2 aromatic rings. The fourth-order valence-electron chi connectivity index (χ4n) is 2.79. The fourth-order valence-corrected chi connectivity index (χ4v) is 4.62. The van der Waals surface area contributed by atoms with Crippen molar-refractivity contribution in [3.05, 3.63) is 45.9 Å². The number of nitrogens with zero attached hydrogens (tertiary/aromatic N) is 2. The Kier molecular flexibility index (Phi) is 6.73. The topological polar surface area (TPSA) is 71.5 Å². The van der Waals surface area contributed by atoms with Crippen LogP contribution in [0.25, 0.3) is 0 Å². The lowest BCUT2D eigenvalue weighted by Gasteiger charge is -2.23. The standard InChI is InChI=1S/C19H23N3O3S2/c1-13-4-3-5-16(8-13)25-9-18(23)22-12-26-11-17(22)19(24)20-7-6-15-10-27-14(2)21-15/h3-5,8,10,17H,6-7,9,11-12H2,1-2H3,(H,20,24)/t17-/m1/s1. The number of benzene rings is 1. The molecule has 1 fully saturated rings. The van der Waals surface area contributed by atoms with Crippen molar-refractivity contribution in [2.24, 2.45) is 0 Å². The van der Waals surface area contributed by atoms with Crippen molar-refractivity contribution in [2.75, 3.05) is 24.8 Å². The summed E-state index contributed by atoms with van der Waals surface area (Å²) in [6.45, 7) is 4.39. The number of ether oxygens (including phenoxy) is 1. The molecule has 0 unspecified atom stereocenters. The van der Waals surface area contributed by atoms with Gasteiger partial charge >= 0.3 is 0 Å². The minimum absolute atomic E-state index is 0.0636. The molecule has 0 radical (unpaired) electrons. The Hall–Kier alpha value is -2.06. The van der Waals surface area contributed by atoms with Gasteiger partial charge in [0.15, 0.2) is 6.61 Å². The Bertz CT molecular complexity index is 809. The first-order chi connectivity index (χ1) is 13.0. The van der Waals surface area contributed by atoms with Crippen LogP contribution in [-0.2, 0) is 16.0 Å². The minimum atomic E-state index is -0.444. The van der Waals surface area contributed by atoms with Crippen LogP contribution in [0.3, 0.4) is 0 Å². The Labute approximate surface area is 167 Å². The van der Waals surface area contributed by atoms with Crippen molar-refractivity contribution in [1.29, 1.82) is 0 Å². The van der Waals surface area contributed by atoms with E-state index in [0.29, 0.717) is 30.3 Å². The smallest absolute Gasteiger partial charge is 0.261 e. The van der Waals surface area contributed by atoms with Crippen molar-refractivity contribution in [3.8, 4) is 5.75 Å². The highest BCUT2D eigenvalue weighted by Gasteiger charge is 2.34. The maximum Gasteiger partial charge on any atom is 0.261 e. The number of carbonyl (C=O) groups excluding carboxylic acids is 2. The first kappa shape index (κ1) is 19.7. The molecule has 1 aromatic heterocycles. The number of amides is 2. The molecule has 6 nitrogen and oxygen atoms in total. The zero-order valence-electron chi connectivity index (χ0n) is 15.4. The maximum absolute atomic E-state index is 12.5. The van der Waals surface area contributed by atoms with Gasteiger partial charge < -0.3 is 15.0 Å². The molecule has 1 aromatic carbocycles. The summed E-state index contributed by atoms with van der Waals surface area (Å²) in [6, 6.07) is 7.13. The van der Waals surface area contributed by atoms with Crippen LogP contribution in [0.5, 0.6) is 5.75 Å². The first-order valence-electron chi connectivity index (χ1n) is 8.78. The number of thiazole rings is 1. The van der Waals surface area contributed by atoms with E-state index in [2.05, 4.69) is 10.3 Å². The van der Waals surface area contributed by atoms with Gasteiger partial charge in [0, 0.05) is 24.1 Å². The molecule has 27 heavy (non-hydrogen) atoms. The molecule has 0 aliphatic carbocycles. The number of rotatable bonds is 7. The SMILES string of the molecule is Cc1cccc(OCC(=O)N2CSC[C@@H]2C(=O)NCCc2csc(C)n2)c1. The Balaban J connectivity index is 1.48.